The summed E-state index contributed by atoms with van der Waals surface area (Å²) >= 11 is 5.07. The predicted octanol–water partition coefficient (Wildman–Crippen LogP) is 2.92. The van der Waals surface area contributed by atoms with Gasteiger partial charge in [0.1, 0.15) is 0 Å². The molecule has 1 aliphatic heterocycles. The Bertz CT molecular complexity index is 813. The fourth-order valence-electron chi connectivity index (χ4n) is 2.50. The van der Waals surface area contributed by atoms with E-state index in [0.717, 1.165) is 19.4 Å². The van der Waals surface area contributed by atoms with Gasteiger partial charge in [-0.2, -0.15) is 0 Å². The summed E-state index contributed by atoms with van der Waals surface area (Å²) in [5.74, 6) is -0.226. The van der Waals surface area contributed by atoms with E-state index < -0.39 is 4.92 Å². The molecule has 1 aromatic carbocycles. The third-order valence-electron chi connectivity index (χ3n) is 3.69. The van der Waals surface area contributed by atoms with Crippen LogP contribution in [0, 0.1) is 10.1 Å². The fraction of sp³-hybridized carbons (Fsp3) is 0.357. The minimum absolute atomic E-state index is 0.1000. The van der Waals surface area contributed by atoms with Gasteiger partial charge in [0.05, 0.1) is 16.5 Å². The SMILES string of the molecule is O=[N+]([O-])c1ccc2[nH]c(O)c(N=NC(=S)NC[C@H]3CCCO3)c2c1. The first kappa shape index (κ1) is 16.3. The molecule has 2 aromatic rings. The Hall–Kier alpha value is -2.59. The Labute approximate surface area is 141 Å². The molecular formula is C14H15N5O4S. The van der Waals surface area contributed by atoms with Gasteiger partial charge in [-0.25, -0.2) is 0 Å². The van der Waals surface area contributed by atoms with Crippen LogP contribution in [-0.2, 0) is 4.74 Å². The Balaban J connectivity index is 1.75. The highest BCUT2D eigenvalue weighted by Crippen LogP contribution is 2.37. The molecule has 1 saturated heterocycles. The molecule has 9 nitrogen and oxygen atoms in total. The molecule has 2 heterocycles. The number of hydrogen-bond donors (Lipinski definition) is 3. The number of nitro benzene ring substituents is 1. The number of aromatic hydroxyl groups is 1. The summed E-state index contributed by atoms with van der Waals surface area (Å²) in [6, 6.07) is 4.16. The maximum absolute atomic E-state index is 10.9. The molecule has 24 heavy (non-hydrogen) atoms. The van der Waals surface area contributed by atoms with E-state index in [-0.39, 0.29) is 28.5 Å². The smallest absolute Gasteiger partial charge is 0.270 e. The van der Waals surface area contributed by atoms with Crippen molar-refractivity contribution in [1.82, 2.24) is 10.3 Å². The summed E-state index contributed by atoms with van der Waals surface area (Å²) in [5.41, 5.74) is 0.525. The van der Waals surface area contributed by atoms with Crippen LogP contribution in [0.15, 0.2) is 28.4 Å². The van der Waals surface area contributed by atoms with Crippen LogP contribution in [0.1, 0.15) is 12.8 Å². The normalized spacial score (nSPS) is 17.6. The van der Waals surface area contributed by atoms with E-state index >= 15 is 0 Å². The van der Waals surface area contributed by atoms with Crippen molar-refractivity contribution in [3.05, 3.63) is 28.3 Å². The number of H-pyrrole nitrogens is 1. The lowest BCUT2D eigenvalue weighted by atomic mass is 10.2. The number of rotatable bonds is 4. The van der Waals surface area contributed by atoms with Crippen LogP contribution in [0.5, 0.6) is 5.88 Å². The topological polar surface area (TPSA) is 125 Å². The Kier molecular flexibility index (Phi) is 4.67. The van der Waals surface area contributed by atoms with Gasteiger partial charge in [0.15, 0.2) is 5.69 Å². The van der Waals surface area contributed by atoms with Gasteiger partial charge in [0, 0.05) is 30.7 Å². The fourth-order valence-corrected chi connectivity index (χ4v) is 2.63. The average Bonchev–Trinajstić information content (AvgIpc) is 3.17. The lowest BCUT2D eigenvalue weighted by Crippen LogP contribution is -2.29. The minimum Gasteiger partial charge on any atom is -0.493 e. The zero-order chi connectivity index (χ0) is 17.1. The maximum atomic E-state index is 10.9. The van der Waals surface area contributed by atoms with Crippen LogP contribution in [0.2, 0.25) is 0 Å². The number of benzene rings is 1. The van der Waals surface area contributed by atoms with Crippen LogP contribution < -0.4 is 5.32 Å². The number of nitro groups is 1. The Morgan fingerprint density at radius 1 is 1.58 bits per heavy atom. The summed E-state index contributed by atoms with van der Waals surface area (Å²) in [6.07, 6.45) is 2.12. The molecule has 1 fully saturated rings. The number of hydrogen-bond acceptors (Lipinski definition) is 6. The molecule has 3 rings (SSSR count). The van der Waals surface area contributed by atoms with Gasteiger partial charge >= 0.3 is 0 Å². The molecule has 0 radical (unpaired) electrons. The highest BCUT2D eigenvalue weighted by molar-refractivity contribution is 7.80. The molecule has 0 bridgehead atoms. The molecule has 10 heteroatoms. The largest absolute Gasteiger partial charge is 0.493 e. The maximum Gasteiger partial charge on any atom is 0.270 e. The Morgan fingerprint density at radius 2 is 2.42 bits per heavy atom. The van der Waals surface area contributed by atoms with Gasteiger partial charge in [-0.3, -0.25) is 10.1 Å². The summed E-state index contributed by atoms with van der Waals surface area (Å²) in [4.78, 5) is 13.0. The second-order valence-electron chi connectivity index (χ2n) is 5.33. The van der Waals surface area contributed by atoms with Gasteiger partial charge in [-0.1, -0.05) is 0 Å². The van der Waals surface area contributed by atoms with Crippen molar-refractivity contribution in [2.24, 2.45) is 10.2 Å². The van der Waals surface area contributed by atoms with E-state index in [2.05, 4.69) is 20.5 Å². The van der Waals surface area contributed by atoms with Crippen LogP contribution >= 0.6 is 12.2 Å². The lowest BCUT2D eigenvalue weighted by Gasteiger charge is -2.09. The quantitative estimate of drug-likeness (QED) is 0.337. The van der Waals surface area contributed by atoms with Gasteiger partial charge in [-0.05, 0) is 31.1 Å². The van der Waals surface area contributed by atoms with E-state index in [4.69, 9.17) is 17.0 Å². The first-order chi connectivity index (χ1) is 11.5. The van der Waals surface area contributed by atoms with Crippen LogP contribution in [0.3, 0.4) is 0 Å². The number of aromatic amines is 1. The standard InChI is InChI=1S/C14H15N5O4S/c20-13-12(10-6-8(19(21)22)3-4-11(10)16-13)17-18-14(24)15-7-9-2-1-5-23-9/h3-4,6,9,16,20H,1-2,5,7H2,(H,15,24)/t9-/m1/s1. The zero-order valence-electron chi connectivity index (χ0n) is 12.6. The molecule has 0 spiro atoms. The van der Waals surface area contributed by atoms with Gasteiger partial charge in [-0.15, -0.1) is 10.2 Å². The average molecular weight is 349 g/mol. The summed E-state index contributed by atoms with van der Waals surface area (Å²) < 4.78 is 5.46. The number of thiocarbonyl (C=S) groups is 1. The number of aromatic nitrogens is 1. The molecule has 1 aromatic heterocycles. The monoisotopic (exact) mass is 349 g/mol. The molecule has 1 atom stereocenters. The van der Waals surface area contributed by atoms with Gasteiger partial charge < -0.3 is 20.1 Å². The number of non-ortho nitro benzene ring substituents is 1. The Morgan fingerprint density at radius 3 is 3.12 bits per heavy atom. The third kappa shape index (κ3) is 3.49. The van der Waals surface area contributed by atoms with Crippen molar-refractivity contribution in [3.8, 4) is 5.88 Å². The third-order valence-corrected chi connectivity index (χ3v) is 3.92. The van der Waals surface area contributed by atoms with E-state index in [1.807, 2.05) is 0 Å². The summed E-state index contributed by atoms with van der Waals surface area (Å²) in [5, 5.41) is 32.0. The molecule has 0 aliphatic carbocycles. The van der Waals surface area contributed by atoms with Crippen molar-refractivity contribution in [2.45, 2.75) is 18.9 Å². The van der Waals surface area contributed by atoms with Gasteiger partial charge in [0.25, 0.3) is 5.69 Å². The van der Waals surface area contributed by atoms with E-state index in [0.29, 0.717) is 17.4 Å². The summed E-state index contributed by atoms with van der Waals surface area (Å²) in [7, 11) is 0. The van der Waals surface area contributed by atoms with Crippen LogP contribution in [0.4, 0.5) is 11.4 Å². The first-order valence-electron chi connectivity index (χ1n) is 7.35. The van der Waals surface area contributed by atoms with Crippen molar-refractivity contribution in [1.29, 1.82) is 0 Å². The number of fused-ring (bicyclic) bond motifs is 1. The second-order valence-corrected chi connectivity index (χ2v) is 5.72. The molecule has 3 N–H and O–H groups in total. The molecule has 0 saturated carbocycles. The van der Waals surface area contributed by atoms with Gasteiger partial charge in [0.2, 0.25) is 11.0 Å². The van der Waals surface area contributed by atoms with Crippen LogP contribution in [0.25, 0.3) is 10.9 Å². The van der Waals surface area contributed by atoms with Crippen molar-refractivity contribution >= 4 is 39.6 Å². The van der Waals surface area contributed by atoms with Crippen molar-refractivity contribution in [3.63, 3.8) is 0 Å². The molecule has 0 unspecified atom stereocenters. The molecule has 0 amide bonds. The van der Waals surface area contributed by atoms with Crippen LogP contribution in [-0.4, -0.2) is 39.4 Å². The predicted molar refractivity (Wildman–Crippen MR) is 90.7 cm³/mol. The zero-order valence-corrected chi connectivity index (χ0v) is 13.4. The summed E-state index contributed by atoms with van der Waals surface area (Å²) in [6.45, 7) is 1.30. The number of ether oxygens (including phenoxy) is 1. The molecule has 1 aliphatic rings. The van der Waals surface area contributed by atoms with E-state index in [9.17, 15) is 15.2 Å². The number of nitrogens with zero attached hydrogens (tertiary/aromatic N) is 3. The highest BCUT2D eigenvalue weighted by atomic mass is 32.1. The molecular weight excluding hydrogens is 334 g/mol. The second kappa shape index (κ2) is 6.89. The number of nitrogens with one attached hydrogen (secondary N) is 2. The number of azo groups is 1. The molecule has 126 valence electrons. The lowest BCUT2D eigenvalue weighted by molar-refractivity contribution is -0.384. The van der Waals surface area contributed by atoms with E-state index in [1.165, 1.54) is 18.2 Å². The van der Waals surface area contributed by atoms with E-state index in [1.54, 1.807) is 0 Å². The van der Waals surface area contributed by atoms with Crippen molar-refractivity contribution < 1.29 is 14.8 Å². The minimum atomic E-state index is -0.516. The van der Waals surface area contributed by atoms with Crippen molar-refractivity contribution in [2.75, 3.05) is 13.2 Å². The first-order valence-corrected chi connectivity index (χ1v) is 7.75. The highest BCUT2D eigenvalue weighted by Gasteiger charge is 2.16.